The van der Waals surface area contributed by atoms with Crippen LogP contribution in [-0.4, -0.2) is 19.9 Å². The second-order valence-corrected chi connectivity index (χ2v) is 4.14. The molecular formula is C10H10BrN3O. The third kappa shape index (κ3) is 2.64. The molecule has 1 atom stereocenters. The van der Waals surface area contributed by atoms with Crippen LogP contribution in [0.2, 0.25) is 0 Å². The number of halogens is 1. The van der Waals surface area contributed by atoms with Crippen molar-refractivity contribution in [2.24, 2.45) is 0 Å². The summed E-state index contributed by atoms with van der Waals surface area (Å²) in [6, 6.07) is 7.59. The lowest BCUT2D eigenvalue weighted by atomic mass is 10.1. The summed E-state index contributed by atoms with van der Waals surface area (Å²) in [6.45, 7) is 0.467. The maximum Gasteiger partial charge on any atom is 0.119 e. The maximum absolute atomic E-state index is 9.89. The van der Waals surface area contributed by atoms with Crippen LogP contribution in [0.25, 0.3) is 0 Å². The molecule has 0 amide bonds. The molecule has 0 spiro atoms. The molecule has 15 heavy (non-hydrogen) atoms. The van der Waals surface area contributed by atoms with E-state index in [0.717, 1.165) is 10.0 Å². The van der Waals surface area contributed by atoms with Gasteiger partial charge in [-0.1, -0.05) is 28.1 Å². The smallest absolute Gasteiger partial charge is 0.119 e. The monoisotopic (exact) mass is 267 g/mol. The predicted octanol–water partition coefficient (Wildman–Crippen LogP) is 1.77. The van der Waals surface area contributed by atoms with Gasteiger partial charge in [-0.3, -0.25) is 0 Å². The van der Waals surface area contributed by atoms with Crippen LogP contribution in [0.15, 0.2) is 41.4 Å². The minimum absolute atomic E-state index is 0.467. The molecule has 0 bridgehead atoms. The van der Waals surface area contributed by atoms with E-state index in [1.807, 2.05) is 24.3 Å². The molecule has 1 aromatic carbocycles. The highest BCUT2D eigenvalue weighted by molar-refractivity contribution is 9.10. The van der Waals surface area contributed by atoms with E-state index in [4.69, 9.17) is 0 Å². The average Bonchev–Trinajstić information content (AvgIpc) is 2.71. The van der Waals surface area contributed by atoms with E-state index in [1.54, 1.807) is 17.2 Å². The van der Waals surface area contributed by atoms with Crippen LogP contribution in [0, 0.1) is 0 Å². The van der Waals surface area contributed by atoms with Crippen molar-refractivity contribution in [2.45, 2.75) is 12.6 Å². The normalized spacial score (nSPS) is 12.7. The largest absolute Gasteiger partial charge is 0.387 e. The molecule has 0 saturated carbocycles. The fourth-order valence-electron chi connectivity index (χ4n) is 1.31. The number of aromatic nitrogens is 3. The summed E-state index contributed by atoms with van der Waals surface area (Å²) in [5, 5.41) is 17.2. The second-order valence-electron chi connectivity index (χ2n) is 3.23. The average molecular weight is 268 g/mol. The number of rotatable bonds is 3. The van der Waals surface area contributed by atoms with Crippen molar-refractivity contribution in [3.63, 3.8) is 0 Å². The first-order chi connectivity index (χ1) is 7.25. The molecule has 1 N–H and O–H groups in total. The van der Waals surface area contributed by atoms with E-state index in [9.17, 15) is 5.11 Å². The highest BCUT2D eigenvalue weighted by atomic mass is 79.9. The van der Waals surface area contributed by atoms with E-state index in [0.29, 0.717) is 6.54 Å². The molecule has 4 nitrogen and oxygen atoms in total. The van der Waals surface area contributed by atoms with Gasteiger partial charge in [0, 0.05) is 4.47 Å². The number of hydrogen-bond donors (Lipinski definition) is 1. The fraction of sp³-hybridized carbons (Fsp3) is 0.200. The summed E-state index contributed by atoms with van der Waals surface area (Å²) in [5.41, 5.74) is 0.881. The summed E-state index contributed by atoms with van der Waals surface area (Å²) in [7, 11) is 0. The first-order valence-corrected chi connectivity index (χ1v) is 5.31. The Morgan fingerprint density at radius 1 is 1.20 bits per heavy atom. The fourth-order valence-corrected chi connectivity index (χ4v) is 1.57. The van der Waals surface area contributed by atoms with E-state index >= 15 is 0 Å². The van der Waals surface area contributed by atoms with Crippen molar-refractivity contribution in [2.75, 3.05) is 0 Å². The molecule has 0 aliphatic heterocycles. The van der Waals surface area contributed by atoms with Gasteiger partial charge in [-0.25, -0.2) is 0 Å². The summed E-state index contributed by atoms with van der Waals surface area (Å²) in [4.78, 5) is 0. The Bertz CT molecular complexity index is 413. The van der Waals surface area contributed by atoms with Crippen molar-refractivity contribution in [1.82, 2.24) is 14.8 Å². The third-order valence-electron chi connectivity index (χ3n) is 2.11. The summed E-state index contributed by atoms with van der Waals surface area (Å²) in [5.74, 6) is 0. The Hall–Kier alpha value is -1.20. The molecule has 1 heterocycles. The third-order valence-corrected chi connectivity index (χ3v) is 2.63. The Kier molecular flexibility index (Phi) is 3.13. The van der Waals surface area contributed by atoms with Crippen LogP contribution < -0.4 is 0 Å². The van der Waals surface area contributed by atoms with Gasteiger partial charge in [0.05, 0.1) is 12.6 Å². The standard InChI is InChI=1S/C10H10BrN3O/c11-9-3-1-8(2-4-9)10(15)5-14-6-12-13-7-14/h1-4,6-7,10,15H,5H2/t10-/m0/s1. The van der Waals surface area contributed by atoms with Gasteiger partial charge < -0.3 is 9.67 Å². The zero-order chi connectivity index (χ0) is 10.7. The minimum atomic E-state index is -0.533. The predicted molar refractivity (Wildman–Crippen MR) is 59.1 cm³/mol. The summed E-state index contributed by atoms with van der Waals surface area (Å²) >= 11 is 3.35. The molecule has 0 aliphatic rings. The van der Waals surface area contributed by atoms with Crippen molar-refractivity contribution >= 4 is 15.9 Å². The van der Waals surface area contributed by atoms with Crippen LogP contribution in [0.4, 0.5) is 0 Å². The molecular weight excluding hydrogens is 258 g/mol. The van der Waals surface area contributed by atoms with E-state index < -0.39 is 6.10 Å². The quantitative estimate of drug-likeness (QED) is 0.923. The first-order valence-electron chi connectivity index (χ1n) is 4.51. The van der Waals surface area contributed by atoms with Gasteiger partial charge in [-0.2, -0.15) is 0 Å². The van der Waals surface area contributed by atoms with Gasteiger partial charge >= 0.3 is 0 Å². The molecule has 1 aromatic heterocycles. The van der Waals surface area contributed by atoms with E-state index in [-0.39, 0.29) is 0 Å². The van der Waals surface area contributed by atoms with Gasteiger partial charge in [0.25, 0.3) is 0 Å². The molecule has 0 unspecified atom stereocenters. The number of nitrogens with zero attached hydrogens (tertiary/aromatic N) is 3. The molecule has 0 radical (unpaired) electrons. The number of hydrogen-bond acceptors (Lipinski definition) is 3. The number of benzene rings is 1. The first kappa shape index (κ1) is 10.3. The van der Waals surface area contributed by atoms with Gasteiger partial charge in [0.15, 0.2) is 0 Å². The molecule has 0 aliphatic carbocycles. The van der Waals surface area contributed by atoms with Crippen molar-refractivity contribution in [1.29, 1.82) is 0 Å². The topological polar surface area (TPSA) is 50.9 Å². The number of aliphatic hydroxyl groups excluding tert-OH is 1. The molecule has 78 valence electrons. The molecule has 0 saturated heterocycles. The van der Waals surface area contributed by atoms with E-state index in [1.165, 1.54) is 0 Å². The molecule has 5 heteroatoms. The molecule has 2 rings (SSSR count). The molecule has 2 aromatic rings. The van der Waals surface area contributed by atoms with Gasteiger partial charge in [-0.15, -0.1) is 10.2 Å². The SMILES string of the molecule is O[C@@H](Cn1cnnc1)c1ccc(Br)cc1. The number of aliphatic hydroxyl groups is 1. The van der Waals surface area contributed by atoms with E-state index in [2.05, 4.69) is 26.1 Å². The zero-order valence-corrected chi connectivity index (χ0v) is 9.50. The lowest BCUT2D eigenvalue weighted by Crippen LogP contribution is -2.06. The lowest BCUT2D eigenvalue weighted by molar-refractivity contribution is 0.156. The van der Waals surface area contributed by atoms with Gasteiger partial charge in [0.1, 0.15) is 12.7 Å². The highest BCUT2D eigenvalue weighted by Crippen LogP contribution is 2.17. The highest BCUT2D eigenvalue weighted by Gasteiger charge is 2.07. The Morgan fingerprint density at radius 3 is 2.40 bits per heavy atom. The van der Waals surface area contributed by atoms with Gasteiger partial charge in [0.2, 0.25) is 0 Å². The molecule has 0 fully saturated rings. The Balaban J connectivity index is 2.08. The van der Waals surface area contributed by atoms with Crippen molar-refractivity contribution in [3.05, 3.63) is 47.0 Å². The van der Waals surface area contributed by atoms with Crippen LogP contribution in [0.3, 0.4) is 0 Å². The minimum Gasteiger partial charge on any atom is -0.387 e. The van der Waals surface area contributed by atoms with Crippen molar-refractivity contribution < 1.29 is 5.11 Å². The summed E-state index contributed by atoms with van der Waals surface area (Å²) in [6.07, 6.45) is 2.64. The van der Waals surface area contributed by atoms with Crippen LogP contribution in [0.1, 0.15) is 11.7 Å². The summed E-state index contributed by atoms with van der Waals surface area (Å²) < 4.78 is 2.75. The Labute approximate surface area is 95.7 Å². The van der Waals surface area contributed by atoms with Crippen LogP contribution in [0.5, 0.6) is 0 Å². The van der Waals surface area contributed by atoms with Crippen LogP contribution >= 0.6 is 15.9 Å². The lowest BCUT2D eigenvalue weighted by Gasteiger charge is -2.10. The zero-order valence-electron chi connectivity index (χ0n) is 7.92. The van der Waals surface area contributed by atoms with Crippen molar-refractivity contribution in [3.8, 4) is 0 Å². The maximum atomic E-state index is 9.89. The Morgan fingerprint density at radius 2 is 1.80 bits per heavy atom. The second kappa shape index (κ2) is 4.55. The van der Waals surface area contributed by atoms with Gasteiger partial charge in [-0.05, 0) is 17.7 Å². The van der Waals surface area contributed by atoms with Crippen LogP contribution in [-0.2, 0) is 6.54 Å².